The predicted octanol–water partition coefficient (Wildman–Crippen LogP) is 2.11. The van der Waals surface area contributed by atoms with Gasteiger partial charge in [0.15, 0.2) is 5.82 Å². The monoisotopic (exact) mass is 310 g/mol. The highest BCUT2D eigenvalue weighted by Gasteiger charge is 2.08. The Bertz CT molecular complexity index is 802. The second-order valence-electron chi connectivity index (χ2n) is 5.23. The molecule has 118 valence electrons. The number of aryl methyl sites for hydroxylation is 2. The molecule has 2 heterocycles. The van der Waals surface area contributed by atoms with Crippen LogP contribution in [-0.4, -0.2) is 30.7 Å². The molecule has 3 aromatic rings. The number of benzene rings is 1. The van der Waals surface area contributed by atoms with Gasteiger partial charge in [0.25, 0.3) is 0 Å². The quantitative estimate of drug-likeness (QED) is 0.783. The van der Waals surface area contributed by atoms with Gasteiger partial charge in [0.1, 0.15) is 6.54 Å². The summed E-state index contributed by atoms with van der Waals surface area (Å²) in [5, 5.41) is 15.3. The maximum atomic E-state index is 12.0. The Balaban J connectivity index is 1.64. The molecule has 0 aliphatic carbocycles. The van der Waals surface area contributed by atoms with E-state index < -0.39 is 0 Å². The lowest BCUT2D eigenvalue weighted by Gasteiger charge is -2.02. The zero-order chi connectivity index (χ0) is 16.2. The first kappa shape index (κ1) is 15.0. The minimum atomic E-state index is -0.188. The predicted molar refractivity (Wildman–Crippen MR) is 86.7 cm³/mol. The van der Waals surface area contributed by atoms with E-state index >= 15 is 0 Å². The van der Waals surface area contributed by atoms with Crippen molar-refractivity contribution in [3.05, 3.63) is 48.3 Å². The first-order valence-electron chi connectivity index (χ1n) is 7.44. The zero-order valence-corrected chi connectivity index (χ0v) is 13.1. The normalized spacial score (nSPS) is 10.7. The molecule has 1 aromatic carbocycles. The van der Waals surface area contributed by atoms with Crippen molar-refractivity contribution in [1.29, 1.82) is 0 Å². The van der Waals surface area contributed by atoms with E-state index in [1.165, 1.54) is 16.6 Å². The van der Waals surface area contributed by atoms with Crippen LogP contribution in [0.3, 0.4) is 0 Å². The van der Waals surface area contributed by atoms with E-state index in [2.05, 4.69) is 20.6 Å². The molecule has 0 radical (unpaired) electrons. The van der Waals surface area contributed by atoms with Gasteiger partial charge in [-0.25, -0.2) is 0 Å². The zero-order valence-electron chi connectivity index (χ0n) is 13.1. The van der Waals surface area contributed by atoms with Crippen LogP contribution in [0.2, 0.25) is 0 Å². The van der Waals surface area contributed by atoms with Crippen molar-refractivity contribution in [3.8, 4) is 11.3 Å². The lowest BCUT2D eigenvalue weighted by atomic mass is 10.1. The number of hydrogen-bond acceptors (Lipinski definition) is 4. The molecule has 23 heavy (non-hydrogen) atoms. The molecule has 7 nitrogen and oxygen atoms in total. The molecular formula is C16H18N6O. The van der Waals surface area contributed by atoms with Crippen LogP contribution in [0.1, 0.15) is 12.5 Å². The van der Waals surface area contributed by atoms with E-state index in [4.69, 9.17) is 0 Å². The molecule has 0 aliphatic rings. The Morgan fingerprint density at radius 3 is 2.65 bits per heavy atom. The Labute approximate surface area is 133 Å². The second kappa shape index (κ2) is 6.43. The molecule has 1 N–H and O–H groups in total. The van der Waals surface area contributed by atoms with Gasteiger partial charge in [-0.2, -0.15) is 15.0 Å². The van der Waals surface area contributed by atoms with Crippen LogP contribution in [-0.2, 0) is 17.9 Å². The van der Waals surface area contributed by atoms with Gasteiger partial charge >= 0.3 is 0 Å². The standard InChI is InChI=1S/C16H18N6O/c1-3-22-17-10-15(20-22)18-16(23)11-21-9-8-14(19-21)13-6-4-12(2)5-7-13/h4-10H,3,11H2,1-2H3,(H,18,20,23). The van der Waals surface area contributed by atoms with E-state index in [0.29, 0.717) is 12.4 Å². The summed E-state index contributed by atoms with van der Waals surface area (Å²) in [5.74, 6) is 0.259. The fourth-order valence-electron chi connectivity index (χ4n) is 2.16. The van der Waals surface area contributed by atoms with Gasteiger partial charge in [-0.1, -0.05) is 29.8 Å². The molecule has 0 bridgehead atoms. The lowest BCUT2D eigenvalue weighted by Crippen LogP contribution is -2.19. The van der Waals surface area contributed by atoms with E-state index in [1.54, 1.807) is 10.9 Å². The number of hydrogen-bond donors (Lipinski definition) is 1. The van der Waals surface area contributed by atoms with Crippen LogP contribution in [0.25, 0.3) is 11.3 Å². The summed E-state index contributed by atoms with van der Waals surface area (Å²) >= 11 is 0. The molecule has 0 atom stereocenters. The van der Waals surface area contributed by atoms with Crippen LogP contribution in [0.5, 0.6) is 0 Å². The van der Waals surface area contributed by atoms with Crippen molar-refractivity contribution in [2.24, 2.45) is 0 Å². The maximum absolute atomic E-state index is 12.0. The Hall–Kier alpha value is -2.96. The summed E-state index contributed by atoms with van der Waals surface area (Å²) in [6.45, 7) is 4.77. The number of nitrogens with one attached hydrogen (secondary N) is 1. The molecule has 1 amide bonds. The summed E-state index contributed by atoms with van der Waals surface area (Å²) in [6.07, 6.45) is 3.32. The summed E-state index contributed by atoms with van der Waals surface area (Å²) in [4.78, 5) is 13.5. The topological polar surface area (TPSA) is 77.6 Å². The number of anilines is 1. The molecule has 0 saturated heterocycles. The van der Waals surface area contributed by atoms with Gasteiger partial charge in [0.05, 0.1) is 18.4 Å². The third kappa shape index (κ3) is 3.63. The van der Waals surface area contributed by atoms with Crippen LogP contribution < -0.4 is 5.32 Å². The van der Waals surface area contributed by atoms with E-state index in [1.807, 2.05) is 44.2 Å². The first-order chi connectivity index (χ1) is 11.1. The van der Waals surface area contributed by atoms with Crippen molar-refractivity contribution < 1.29 is 4.79 Å². The van der Waals surface area contributed by atoms with Crippen LogP contribution in [0, 0.1) is 6.92 Å². The van der Waals surface area contributed by atoms with Crippen LogP contribution in [0.15, 0.2) is 42.7 Å². The molecule has 0 unspecified atom stereocenters. The van der Waals surface area contributed by atoms with Crippen LogP contribution in [0.4, 0.5) is 5.82 Å². The smallest absolute Gasteiger partial charge is 0.247 e. The molecule has 0 fully saturated rings. The average molecular weight is 310 g/mol. The second-order valence-corrected chi connectivity index (χ2v) is 5.23. The molecule has 7 heteroatoms. The van der Waals surface area contributed by atoms with Gasteiger partial charge in [-0.15, -0.1) is 5.10 Å². The van der Waals surface area contributed by atoms with Gasteiger partial charge in [0.2, 0.25) is 5.91 Å². The highest BCUT2D eigenvalue weighted by atomic mass is 16.2. The Morgan fingerprint density at radius 2 is 1.96 bits per heavy atom. The van der Waals surface area contributed by atoms with Gasteiger partial charge in [0, 0.05) is 11.8 Å². The number of amides is 1. The third-order valence-corrected chi connectivity index (χ3v) is 3.38. The van der Waals surface area contributed by atoms with E-state index in [9.17, 15) is 4.79 Å². The van der Waals surface area contributed by atoms with Crippen molar-refractivity contribution in [2.75, 3.05) is 5.32 Å². The first-order valence-corrected chi connectivity index (χ1v) is 7.44. The SMILES string of the molecule is CCn1ncc(NC(=O)Cn2ccc(-c3ccc(C)cc3)n2)n1. The summed E-state index contributed by atoms with van der Waals surface area (Å²) in [6, 6.07) is 10.0. The molecule has 3 rings (SSSR count). The summed E-state index contributed by atoms with van der Waals surface area (Å²) < 4.78 is 1.61. The number of carbonyl (C=O) groups excluding carboxylic acids is 1. The molecule has 0 spiro atoms. The average Bonchev–Trinajstić information content (AvgIpc) is 3.17. The Kier molecular flexibility index (Phi) is 4.18. The van der Waals surface area contributed by atoms with E-state index in [0.717, 1.165) is 11.3 Å². The number of carbonyl (C=O) groups is 1. The van der Waals surface area contributed by atoms with Crippen LogP contribution >= 0.6 is 0 Å². The Morgan fingerprint density at radius 1 is 1.17 bits per heavy atom. The van der Waals surface area contributed by atoms with Gasteiger partial charge < -0.3 is 5.32 Å². The fourth-order valence-corrected chi connectivity index (χ4v) is 2.16. The summed E-state index contributed by atoms with van der Waals surface area (Å²) in [7, 11) is 0. The van der Waals surface area contributed by atoms with Crippen molar-refractivity contribution in [3.63, 3.8) is 0 Å². The summed E-state index contributed by atoms with van der Waals surface area (Å²) in [5.41, 5.74) is 3.07. The van der Waals surface area contributed by atoms with Gasteiger partial charge in [-0.05, 0) is 19.9 Å². The number of aromatic nitrogens is 5. The maximum Gasteiger partial charge on any atom is 0.247 e. The minimum absolute atomic E-state index is 0.130. The van der Waals surface area contributed by atoms with Crippen molar-refractivity contribution in [2.45, 2.75) is 26.9 Å². The molecule has 2 aromatic heterocycles. The molecule has 0 aliphatic heterocycles. The minimum Gasteiger partial charge on any atom is -0.306 e. The van der Waals surface area contributed by atoms with Gasteiger partial charge in [-0.3, -0.25) is 9.48 Å². The highest BCUT2D eigenvalue weighted by Crippen LogP contribution is 2.17. The fraction of sp³-hybridized carbons (Fsp3) is 0.250. The number of nitrogens with zero attached hydrogens (tertiary/aromatic N) is 5. The largest absolute Gasteiger partial charge is 0.306 e. The molecular weight excluding hydrogens is 292 g/mol. The van der Waals surface area contributed by atoms with Crippen molar-refractivity contribution >= 4 is 11.7 Å². The van der Waals surface area contributed by atoms with E-state index in [-0.39, 0.29) is 12.5 Å². The highest BCUT2D eigenvalue weighted by molar-refractivity contribution is 5.89. The third-order valence-electron chi connectivity index (χ3n) is 3.38. The lowest BCUT2D eigenvalue weighted by molar-refractivity contribution is -0.116. The molecule has 0 saturated carbocycles. The number of rotatable bonds is 5. The van der Waals surface area contributed by atoms with Crippen molar-refractivity contribution in [1.82, 2.24) is 24.8 Å².